The van der Waals surface area contributed by atoms with Gasteiger partial charge in [0.2, 0.25) is 0 Å². The van der Waals surface area contributed by atoms with Crippen LogP contribution in [0.3, 0.4) is 0 Å². The van der Waals surface area contributed by atoms with Gasteiger partial charge in [-0.3, -0.25) is 0 Å². The van der Waals surface area contributed by atoms with Gasteiger partial charge in [0.05, 0.1) is 0 Å². The molecule has 0 saturated heterocycles. The number of fused-ring (bicyclic) bond motifs is 1. The third-order valence-electron chi connectivity index (χ3n) is 5.50. The summed E-state index contributed by atoms with van der Waals surface area (Å²) in [5.74, 6) is -0.847. The Bertz CT molecular complexity index is 1060. The van der Waals surface area contributed by atoms with Crippen LogP contribution in [0.5, 0.6) is 5.75 Å². The molecule has 1 N–H and O–H groups in total. The van der Waals surface area contributed by atoms with E-state index in [1.54, 1.807) is 6.07 Å². The molecule has 8 heteroatoms. The molecule has 1 heterocycles. The molecule has 1 aromatic carbocycles. The number of halogens is 3. The molecule has 1 unspecified atom stereocenters. The van der Waals surface area contributed by atoms with Crippen LogP contribution in [0.25, 0.3) is 10.9 Å². The van der Waals surface area contributed by atoms with E-state index >= 15 is 0 Å². The summed E-state index contributed by atoms with van der Waals surface area (Å²) in [5, 5.41) is 9.75. The van der Waals surface area contributed by atoms with Crippen molar-refractivity contribution in [1.82, 2.24) is 4.57 Å². The molecule has 0 bridgehead atoms. The molecule has 3 rings (SSSR count). The maximum Gasteiger partial charge on any atom is 0.573 e. The molecule has 0 radical (unpaired) electrons. The van der Waals surface area contributed by atoms with Crippen molar-refractivity contribution in [1.29, 1.82) is 0 Å². The third kappa shape index (κ3) is 4.32. The summed E-state index contributed by atoms with van der Waals surface area (Å²) in [5.41, 5.74) is 3.21. The minimum absolute atomic E-state index is 0.265. The first-order chi connectivity index (χ1) is 13.8. The number of aliphatic carboxylic acids is 1. The third-order valence-corrected chi connectivity index (χ3v) is 5.50. The molecule has 2 aromatic rings. The van der Waals surface area contributed by atoms with Gasteiger partial charge in [-0.2, -0.15) is 0 Å². The van der Waals surface area contributed by atoms with E-state index in [1.807, 2.05) is 44.5 Å². The van der Waals surface area contributed by atoms with Gasteiger partial charge in [-0.15, -0.1) is 13.2 Å². The number of hydrogen-bond donors (Lipinski definition) is 1. The van der Waals surface area contributed by atoms with Crippen molar-refractivity contribution in [2.45, 2.75) is 46.6 Å². The summed E-state index contributed by atoms with van der Waals surface area (Å²) in [7, 11) is 1.86. The predicted molar refractivity (Wildman–Crippen MR) is 106 cm³/mol. The van der Waals surface area contributed by atoms with Crippen molar-refractivity contribution in [2.24, 2.45) is 12.5 Å². The lowest BCUT2D eigenvalue weighted by molar-refractivity contribution is -0.274. The van der Waals surface area contributed by atoms with Crippen LogP contribution >= 0.6 is 0 Å². The van der Waals surface area contributed by atoms with Gasteiger partial charge in [0.15, 0.2) is 6.10 Å². The Morgan fingerprint density at radius 1 is 1.30 bits per heavy atom. The maximum absolute atomic E-state index is 12.7. The first-order valence-electron chi connectivity index (χ1n) is 9.45. The lowest BCUT2D eigenvalue weighted by Crippen LogP contribution is -2.19. The van der Waals surface area contributed by atoms with Crippen LogP contribution in [0.4, 0.5) is 13.2 Å². The second-order valence-corrected chi connectivity index (χ2v) is 8.06. The van der Waals surface area contributed by atoms with Crippen LogP contribution in [0.2, 0.25) is 0 Å². The molecular weight excluding hydrogens is 399 g/mol. The fourth-order valence-corrected chi connectivity index (χ4v) is 3.69. The maximum atomic E-state index is 12.7. The first-order valence-corrected chi connectivity index (χ1v) is 9.45. The zero-order valence-electron chi connectivity index (χ0n) is 17.4. The Kier molecular flexibility index (Phi) is 5.39. The number of rotatable bonds is 6. The summed E-state index contributed by atoms with van der Waals surface area (Å²) in [4.78, 5) is 11.1. The fourth-order valence-electron chi connectivity index (χ4n) is 3.69. The van der Waals surface area contributed by atoms with Crippen molar-refractivity contribution in [3.63, 3.8) is 0 Å². The van der Waals surface area contributed by atoms with E-state index in [1.165, 1.54) is 19.1 Å². The number of alkyl halides is 3. The van der Waals surface area contributed by atoms with Crippen LogP contribution in [0, 0.1) is 12.3 Å². The Labute approximate surface area is 172 Å². The summed E-state index contributed by atoms with van der Waals surface area (Å²) < 4.78 is 49.5. The Balaban J connectivity index is 1.97. The van der Waals surface area contributed by atoms with E-state index in [0.29, 0.717) is 17.6 Å². The number of carboxylic acids is 1. The minimum atomic E-state index is -4.76. The van der Waals surface area contributed by atoms with Crippen LogP contribution in [-0.2, 0) is 23.0 Å². The zero-order chi connectivity index (χ0) is 22.4. The molecule has 0 fully saturated rings. The van der Waals surface area contributed by atoms with Crippen LogP contribution in [-0.4, -0.2) is 28.1 Å². The fraction of sp³-hybridized carbons (Fsp3) is 0.409. The van der Waals surface area contributed by atoms with E-state index in [2.05, 4.69) is 4.74 Å². The standard InChI is InChI=1S/C22H24F3NO4/c1-12-17(9-14-8-16(11-21(14,3)4)29-13(2)20(27)28)18-10-15(30-22(23,24)25)6-7-19(18)26(12)5/h6-8,10-11,13H,9H2,1-5H3,(H,27,28). The predicted octanol–water partition coefficient (Wildman–Crippen LogP) is 5.27. The first kappa shape index (κ1) is 21.8. The van der Waals surface area contributed by atoms with Crippen molar-refractivity contribution in [2.75, 3.05) is 0 Å². The van der Waals surface area contributed by atoms with Gasteiger partial charge in [0, 0.05) is 29.1 Å². The molecule has 1 aliphatic rings. The second kappa shape index (κ2) is 7.41. The number of aromatic nitrogens is 1. The van der Waals surface area contributed by atoms with Gasteiger partial charge in [0.25, 0.3) is 0 Å². The van der Waals surface area contributed by atoms with E-state index < -0.39 is 18.4 Å². The number of carboxylic acid groups (broad SMARTS) is 1. The molecule has 162 valence electrons. The number of carbonyl (C=O) groups is 1. The van der Waals surface area contributed by atoms with Crippen molar-refractivity contribution < 1.29 is 32.5 Å². The number of aryl methyl sites for hydroxylation is 1. The molecule has 0 amide bonds. The average Bonchev–Trinajstić information content (AvgIpc) is 3.01. The highest BCUT2D eigenvalue weighted by Crippen LogP contribution is 2.41. The van der Waals surface area contributed by atoms with E-state index in [4.69, 9.17) is 9.84 Å². The lowest BCUT2D eigenvalue weighted by Gasteiger charge is -2.20. The topological polar surface area (TPSA) is 60.7 Å². The number of benzene rings is 1. The van der Waals surface area contributed by atoms with Crippen molar-refractivity contribution >= 4 is 16.9 Å². The smallest absolute Gasteiger partial charge is 0.479 e. The Hall–Kier alpha value is -2.90. The molecule has 1 aliphatic carbocycles. The van der Waals surface area contributed by atoms with Gasteiger partial charge in [-0.25, -0.2) is 4.79 Å². The van der Waals surface area contributed by atoms with Crippen LogP contribution < -0.4 is 4.74 Å². The van der Waals surface area contributed by atoms with Gasteiger partial charge >= 0.3 is 12.3 Å². The SMILES string of the molecule is Cc1c(CC2=CC(OC(C)C(=O)O)=CC2(C)C)c2cc(OC(F)(F)F)ccc2n1C. The molecular formula is C22H24F3NO4. The van der Waals surface area contributed by atoms with Gasteiger partial charge in [-0.05, 0) is 56.2 Å². The quantitative estimate of drug-likeness (QED) is 0.688. The monoisotopic (exact) mass is 423 g/mol. The van der Waals surface area contributed by atoms with Gasteiger partial charge in [0.1, 0.15) is 11.5 Å². The van der Waals surface area contributed by atoms with Gasteiger partial charge < -0.3 is 19.1 Å². The molecule has 1 atom stereocenters. The number of hydrogen-bond acceptors (Lipinski definition) is 3. The van der Waals surface area contributed by atoms with E-state index in [-0.39, 0.29) is 11.2 Å². The second-order valence-electron chi connectivity index (χ2n) is 8.06. The highest BCUT2D eigenvalue weighted by Gasteiger charge is 2.32. The largest absolute Gasteiger partial charge is 0.573 e. The zero-order valence-corrected chi connectivity index (χ0v) is 17.4. The van der Waals surface area contributed by atoms with Crippen molar-refractivity contribution in [3.05, 3.63) is 52.9 Å². The molecule has 0 spiro atoms. The molecule has 30 heavy (non-hydrogen) atoms. The summed E-state index contributed by atoms with van der Waals surface area (Å²) in [6.07, 6.45) is -1.58. The highest BCUT2D eigenvalue weighted by molar-refractivity contribution is 5.87. The highest BCUT2D eigenvalue weighted by atomic mass is 19.4. The molecule has 1 aromatic heterocycles. The number of ether oxygens (including phenoxy) is 2. The average molecular weight is 423 g/mol. The van der Waals surface area contributed by atoms with Crippen LogP contribution in [0.1, 0.15) is 32.0 Å². The summed E-state index contributed by atoms with van der Waals surface area (Å²) in [6.45, 7) is 7.34. The normalized spacial score (nSPS) is 16.9. The molecule has 5 nitrogen and oxygen atoms in total. The lowest BCUT2D eigenvalue weighted by atomic mass is 9.83. The van der Waals surface area contributed by atoms with E-state index in [9.17, 15) is 18.0 Å². The Morgan fingerprint density at radius 2 is 1.97 bits per heavy atom. The molecule has 0 aliphatic heterocycles. The number of nitrogens with zero attached hydrogens (tertiary/aromatic N) is 1. The summed E-state index contributed by atoms with van der Waals surface area (Å²) in [6, 6.07) is 4.33. The van der Waals surface area contributed by atoms with Gasteiger partial charge in [-0.1, -0.05) is 19.4 Å². The molecule has 0 saturated carbocycles. The number of allylic oxidation sites excluding steroid dienone is 3. The van der Waals surface area contributed by atoms with Crippen molar-refractivity contribution in [3.8, 4) is 5.75 Å². The van der Waals surface area contributed by atoms with Crippen LogP contribution in [0.15, 0.2) is 41.7 Å². The summed E-state index contributed by atoms with van der Waals surface area (Å²) >= 11 is 0. The van der Waals surface area contributed by atoms with E-state index in [0.717, 1.165) is 22.3 Å². The minimum Gasteiger partial charge on any atom is -0.479 e. The Morgan fingerprint density at radius 3 is 2.57 bits per heavy atom.